The Balaban J connectivity index is 1.74. The van der Waals surface area contributed by atoms with Crippen molar-refractivity contribution in [3.8, 4) is 0 Å². The molecule has 18 heavy (non-hydrogen) atoms. The number of hydrogen-bond donors (Lipinski definition) is 0. The van der Waals surface area contributed by atoms with E-state index in [0.29, 0.717) is 17.2 Å². The van der Waals surface area contributed by atoms with Gasteiger partial charge in [-0.15, -0.1) is 0 Å². The minimum Gasteiger partial charge on any atom is -0.341 e. The molecule has 2 rings (SSSR count). The van der Waals surface area contributed by atoms with Gasteiger partial charge in [0, 0.05) is 24.9 Å². The highest BCUT2D eigenvalue weighted by atomic mass is 16.2. The topological polar surface area (TPSA) is 23.6 Å². The first-order chi connectivity index (χ1) is 8.54. The maximum atomic E-state index is 11.9. The third-order valence-electron chi connectivity index (χ3n) is 4.44. The molecule has 2 saturated heterocycles. The fraction of sp³-hybridized carbons (Fsp3) is 0.933. The molecular formula is C15H28N2O. The van der Waals surface area contributed by atoms with Crippen LogP contribution in [0.5, 0.6) is 0 Å². The van der Waals surface area contributed by atoms with Crippen LogP contribution in [-0.4, -0.2) is 48.4 Å². The molecule has 3 nitrogen and oxygen atoms in total. The standard InChI is InChI=1S/C15H28N2O/c1-4-7-16-8-5-15(6-9-16)11-17(12-15)14(18)10-13(2)3/h13H,4-12H2,1-3H3. The Morgan fingerprint density at radius 3 is 2.33 bits per heavy atom. The number of likely N-dealkylation sites (tertiary alicyclic amines) is 2. The maximum absolute atomic E-state index is 11.9. The zero-order valence-corrected chi connectivity index (χ0v) is 12.2. The lowest BCUT2D eigenvalue weighted by molar-refractivity contribution is -0.147. The Labute approximate surface area is 112 Å². The molecule has 104 valence electrons. The molecule has 2 aliphatic rings. The lowest BCUT2D eigenvalue weighted by Gasteiger charge is -2.54. The predicted octanol–water partition coefficient (Wildman–Crippen LogP) is 2.37. The third kappa shape index (κ3) is 3.05. The van der Waals surface area contributed by atoms with Gasteiger partial charge in [0.15, 0.2) is 0 Å². The van der Waals surface area contributed by atoms with Gasteiger partial charge in [-0.25, -0.2) is 0 Å². The van der Waals surface area contributed by atoms with Gasteiger partial charge in [0.2, 0.25) is 5.91 Å². The van der Waals surface area contributed by atoms with Crippen molar-refractivity contribution in [3.05, 3.63) is 0 Å². The maximum Gasteiger partial charge on any atom is 0.222 e. The van der Waals surface area contributed by atoms with E-state index in [2.05, 4.69) is 30.6 Å². The summed E-state index contributed by atoms with van der Waals surface area (Å²) in [5, 5.41) is 0. The van der Waals surface area contributed by atoms with Crippen LogP contribution in [0.2, 0.25) is 0 Å². The molecule has 0 N–H and O–H groups in total. The molecule has 0 aromatic rings. The van der Waals surface area contributed by atoms with Crippen LogP contribution in [0.15, 0.2) is 0 Å². The van der Waals surface area contributed by atoms with E-state index >= 15 is 0 Å². The summed E-state index contributed by atoms with van der Waals surface area (Å²) in [5.74, 6) is 0.854. The van der Waals surface area contributed by atoms with Gasteiger partial charge >= 0.3 is 0 Å². The highest BCUT2D eigenvalue weighted by molar-refractivity contribution is 5.77. The molecule has 1 amide bonds. The van der Waals surface area contributed by atoms with Gasteiger partial charge in [-0.2, -0.15) is 0 Å². The van der Waals surface area contributed by atoms with Crippen molar-refractivity contribution >= 4 is 5.91 Å². The summed E-state index contributed by atoms with van der Waals surface area (Å²) in [6, 6.07) is 0. The van der Waals surface area contributed by atoms with Gasteiger partial charge in [-0.1, -0.05) is 20.8 Å². The number of carbonyl (C=O) groups is 1. The van der Waals surface area contributed by atoms with E-state index in [1.54, 1.807) is 0 Å². The van der Waals surface area contributed by atoms with Crippen molar-refractivity contribution in [1.29, 1.82) is 0 Å². The minimum atomic E-state index is 0.367. The van der Waals surface area contributed by atoms with Crippen LogP contribution in [0.4, 0.5) is 0 Å². The molecule has 2 aliphatic heterocycles. The summed E-state index contributed by atoms with van der Waals surface area (Å²) in [4.78, 5) is 16.6. The normalized spacial score (nSPS) is 23.4. The minimum absolute atomic E-state index is 0.367. The molecule has 0 unspecified atom stereocenters. The number of amides is 1. The first kappa shape index (κ1) is 13.9. The van der Waals surface area contributed by atoms with Crippen LogP contribution in [0.3, 0.4) is 0 Å². The van der Waals surface area contributed by atoms with Gasteiger partial charge in [0.25, 0.3) is 0 Å². The number of nitrogens with zero attached hydrogens (tertiary/aromatic N) is 2. The number of rotatable bonds is 4. The highest BCUT2D eigenvalue weighted by Crippen LogP contribution is 2.40. The lowest BCUT2D eigenvalue weighted by atomic mass is 9.71. The molecule has 3 heteroatoms. The Kier molecular flexibility index (Phi) is 4.31. The van der Waals surface area contributed by atoms with E-state index in [1.807, 2.05) is 0 Å². The fourth-order valence-corrected chi connectivity index (χ4v) is 3.30. The molecule has 0 aromatic carbocycles. The predicted molar refractivity (Wildman–Crippen MR) is 74.4 cm³/mol. The van der Waals surface area contributed by atoms with Crippen molar-refractivity contribution in [2.24, 2.45) is 11.3 Å². The van der Waals surface area contributed by atoms with Crippen molar-refractivity contribution in [2.45, 2.75) is 46.5 Å². The van der Waals surface area contributed by atoms with Crippen LogP contribution in [0.25, 0.3) is 0 Å². The Morgan fingerprint density at radius 2 is 1.83 bits per heavy atom. The first-order valence-electron chi connectivity index (χ1n) is 7.55. The smallest absolute Gasteiger partial charge is 0.222 e. The van der Waals surface area contributed by atoms with E-state index in [-0.39, 0.29) is 0 Å². The van der Waals surface area contributed by atoms with Crippen LogP contribution >= 0.6 is 0 Å². The van der Waals surface area contributed by atoms with E-state index < -0.39 is 0 Å². The van der Waals surface area contributed by atoms with Crippen LogP contribution < -0.4 is 0 Å². The summed E-state index contributed by atoms with van der Waals surface area (Å²) < 4.78 is 0. The first-order valence-corrected chi connectivity index (χ1v) is 7.55. The summed E-state index contributed by atoms with van der Waals surface area (Å²) in [6.07, 6.45) is 4.56. The second kappa shape index (κ2) is 5.60. The average molecular weight is 252 g/mol. The summed E-state index contributed by atoms with van der Waals surface area (Å²) in [6.45, 7) is 12.3. The molecule has 0 aromatic heterocycles. The van der Waals surface area contributed by atoms with Gasteiger partial charge < -0.3 is 9.80 Å². The van der Waals surface area contributed by atoms with Crippen molar-refractivity contribution < 1.29 is 4.79 Å². The zero-order valence-electron chi connectivity index (χ0n) is 12.2. The molecule has 0 aliphatic carbocycles. The molecular weight excluding hydrogens is 224 g/mol. The quantitative estimate of drug-likeness (QED) is 0.767. The molecule has 2 heterocycles. The van der Waals surface area contributed by atoms with Crippen molar-refractivity contribution in [1.82, 2.24) is 9.80 Å². The van der Waals surface area contributed by atoms with Gasteiger partial charge in [0.05, 0.1) is 0 Å². The molecule has 0 radical (unpaired) electrons. The van der Waals surface area contributed by atoms with Crippen LogP contribution in [-0.2, 0) is 4.79 Å². The second-order valence-corrected chi connectivity index (χ2v) is 6.69. The van der Waals surface area contributed by atoms with Crippen molar-refractivity contribution in [2.75, 3.05) is 32.7 Å². The molecule has 2 fully saturated rings. The third-order valence-corrected chi connectivity index (χ3v) is 4.44. The Morgan fingerprint density at radius 1 is 1.22 bits per heavy atom. The van der Waals surface area contributed by atoms with Crippen LogP contribution in [0.1, 0.15) is 46.5 Å². The van der Waals surface area contributed by atoms with E-state index in [1.165, 1.54) is 38.9 Å². The number of piperidine rings is 1. The lowest BCUT2D eigenvalue weighted by Crippen LogP contribution is -2.62. The largest absolute Gasteiger partial charge is 0.341 e. The van der Waals surface area contributed by atoms with Gasteiger partial charge in [-0.05, 0) is 44.8 Å². The summed E-state index contributed by atoms with van der Waals surface area (Å²) >= 11 is 0. The number of hydrogen-bond acceptors (Lipinski definition) is 2. The SMILES string of the molecule is CCCN1CCC2(CC1)CN(C(=O)CC(C)C)C2. The molecule has 0 atom stereocenters. The van der Waals surface area contributed by atoms with Crippen LogP contribution in [0, 0.1) is 11.3 Å². The second-order valence-electron chi connectivity index (χ2n) is 6.69. The van der Waals surface area contributed by atoms with Crippen molar-refractivity contribution in [3.63, 3.8) is 0 Å². The van der Waals surface area contributed by atoms with E-state index in [4.69, 9.17) is 0 Å². The monoisotopic (exact) mass is 252 g/mol. The molecule has 0 bridgehead atoms. The molecule has 1 spiro atoms. The summed E-state index contributed by atoms with van der Waals surface area (Å²) in [7, 11) is 0. The zero-order chi connectivity index (χ0) is 13.2. The average Bonchev–Trinajstić information content (AvgIpc) is 2.26. The van der Waals surface area contributed by atoms with Gasteiger partial charge in [-0.3, -0.25) is 4.79 Å². The van der Waals surface area contributed by atoms with E-state index in [0.717, 1.165) is 19.5 Å². The van der Waals surface area contributed by atoms with E-state index in [9.17, 15) is 4.79 Å². The number of carbonyl (C=O) groups excluding carboxylic acids is 1. The Hall–Kier alpha value is -0.570. The Bertz CT molecular complexity index is 285. The highest BCUT2D eigenvalue weighted by Gasteiger charge is 2.46. The molecule has 0 saturated carbocycles. The fourth-order valence-electron chi connectivity index (χ4n) is 3.30. The summed E-state index contributed by atoms with van der Waals surface area (Å²) in [5.41, 5.74) is 0.483. The van der Waals surface area contributed by atoms with Gasteiger partial charge in [0.1, 0.15) is 0 Å².